The zero-order valence-electron chi connectivity index (χ0n) is 17.7. The molecule has 1 saturated carbocycles. The van der Waals surface area contributed by atoms with E-state index in [-0.39, 0.29) is 34.9 Å². The Morgan fingerprint density at radius 3 is 2.44 bits per heavy atom. The fraction of sp³-hybridized carbons (Fsp3) is 0.409. The third-order valence-corrected chi connectivity index (χ3v) is 7.04. The maximum Gasteiger partial charge on any atom is 0.257 e. The number of sulfone groups is 1. The van der Waals surface area contributed by atoms with E-state index < -0.39 is 21.7 Å². The SMILES string of the molecule is CS(=O)(=O)c1ccc(/C(=C\C2CCCC2)C(=O)Nc2cnc(C(CO)CO)cn2)cc1Cl. The average Bonchev–Trinajstić information content (AvgIpc) is 3.26. The summed E-state index contributed by atoms with van der Waals surface area (Å²) in [4.78, 5) is 21.5. The molecular weight excluding hydrogens is 454 g/mol. The van der Waals surface area contributed by atoms with Crippen LogP contribution in [0.25, 0.3) is 5.57 Å². The van der Waals surface area contributed by atoms with E-state index in [1.807, 2.05) is 6.08 Å². The van der Waals surface area contributed by atoms with Gasteiger partial charge in [0.1, 0.15) is 0 Å². The number of carbonyl (C=O) groups is 1. The monoisotopic (exact) mass is 479 g/mol. The number of benzene rings is 1. The third-order valence-electron chi connectivity index (χ3n) is 5.46. The lowest BCUT2D eigenvalue weighted by Gasteiger charge is -2.14. The zero-order valence-corrected chi connectivity index (χ0v) is 19.2. The van der Waals surface area contributed by atoms with Crippen molar-refractivity contribution in [3.8, 4) is 0 Å². The van der Waals surface area contributed by atoms with Crippen LogP contribution >= 0.6 is 11.6 Å². The smallest absolute Gasteiger partial charge is 0.257 e. The molecule has 0 spiro atoms. The van der Waals surface area contributed by atoms with E-state index in [0.29, 0.717) is 16.8 Å². The molecule has 0 radical (unpaired) electrons. The molecule has 0 aliphatic heterocycles. The van der Waals surface area contributed by atoms with Gasteiger partial charge in [0, 0.05) is 17.7 Å². The minimum Gasteiger partial charge on any atom is -0.396 e. The maximum atomic E-state index is 13.1. The lowest BCUT2D eigenvalue weighted by Crippen LogP contribution is -2.17. The summed E-state index contributed by atoms with van der Waals surface area (Å²) in [5.41, 5.74) is 1.31. The molecule has 0 saturated heterocycles. The summed E-state index contributed by atoms with van der Waals surface area (Å²) in [5.74, 6) is -0.499. The number of carbonyl (C=O) groups excluding carboxylic acids is 1. The number of anilines is 1. The van der Waals surface area contributed by atoms with Crippen LogP contribution in [0.15, 0.2) is 41.6 Å². The number of rotatable bonds is 8. The van der Waals surface area contributed by atoms with Crippen molar-refractivity contribution in [3.63, 3.8) is 0 Å². The number of halogens is 1. The number of hydrogen-bond donors (Lipinski definition) is 3. The van der Waals surface area contributed by atoms with Crippen molar-refractivity contribution in [2.45, 2.75) is 36.5 Å². The molecule has 1 amide bonds. The molecule has 1 aromatic carbocycles. The van der Waals surface area contributed by atoms with Crippen molar-refractivity contribution >= 4 is 38.7 Å². The van der Waals surface area contributed by atoms with Gasteiger partial charge >= 0.3 is 0 Å². The normalized spacial score (nSPS) is 15.3. The molecule has 3 N–H and O–H groups in total. The molecule has 3 rings (SSSR count). The van der Waals surface area contributed by atoms with Crippen LogP contribution in [0.2, 0.25) is 5.02 Å². The number of aliphatic hydroxyl groups excluding tert-OH is 2. The minimum atomic E-state index is -3.49. The number of nitrogens with zero attached hydrogens (tertiary/aromatic N) is 2. The lowest BCUT2D eigenvalue weighted by atomic mass is 9.98. The van der Waals surface area contributed by atoms with E-state index in [9.17, 15) is 23.4 Å². The van der Waals surface area contributed by atoms with Crippen LogP contribution in [0.1, 0.15) is 42.9 Å². The number of aromatic nitrogens is 2. The first-order valence-corrected chi connectivity index (χ1v) is 12.6. The minimum absolute atomic E-state index is 0.00678. The van der Waals surface area contributed by atoms with Crippen molar-refractivity contribution in [1.82, 2.24) is 9.97 Å². The predicted octanol–water partition coefficient (Wildman–Crippen LogP) is 2.81. The molecule has 1 fully saturated rings. The first-order chi connectivity index (χ1) is 15.2. The molecule has 2 aromatic rings. The number of allylic oxidation sites excluding steroid dienone is 1. The van der Waals surface area contributed by atoms with Gasteiger partial charge in [0.15, 0.2) is 15.7 Å². The second kappa shape index (κ2) is 10.5. The van der Waals surface area contributed by atoms with Gasteiger partial charge in [-0.3, -0.25) is 9.78 Å². The second-order valence-electron chi connectivity index (χ2n) is 7.88. The number of hydrogen-bond acceptors (Lipinski definition) is 7. The van der Waals surface area contributed by atoms with Gasteiger partial charge < -0.3 is 15.5 Å². The Labute approximate surface area is 192 Å². The maximum absolute atomic E-state index is 13.1. The van der Waals surface area contributed by atoms with Crippen LogP contribution < -0.4 is 5.32 Å². The number of amides is 1. The van der Waals surface area contributed by atoms with Gasteiger partial charge in [-0.25, -0.2) is 13.4 Å². The van der Waals surface area contributed by atoms with Crippen LogP contribution in [0.4, 0.5) is 5.82 Å². The first-order valence-electron chi connectivity index (χ1n) is 10.3. The molecule has 172 valence electrons. The molecule has 32 heavy (non-hydrogen) atoms. The van der Waals surface area contributed by atoms with Crippen molar-refractivity contribution in [3.05, 3.63) is 52.9 Å². The molecule has 0 atom stereocenters. The highest BCUT2D eigenvalue weighted by Gasteiger charge is 2.21. The summed E-state index contributed by atoms with van der Waals surface area (Å²) in [6.07, 6.45) is 9.87. The van der Waals surface area contributed by atoms with E-state index in [4.69, 9.17) is 11.6 Å². The van der Waals surface area contributed by atoms with Gasteiger partial charge in [-0.2, -0.15) is 0 Å². The highest BCUT2D eigenvalue weighted by molar-refractivity contribution is 7.90. The van der Waals surface area contributed by atoms with Gasteiger partial charge in [0.2, 0.25) is 0 Å². The zero-order chi connectivity index (χ0) is 23.3. The Bertz CT molecular complexity index is 1090. The Morgan fingerprint density at radius 1 is 1.22 bits per heavy atom. The second-order valence-corrected chi connectivity index (χ2v) is 10.3. The van der Waals surface area contributed by atoms with E-state index in [1.54, 1.807) is 6.07 Å². The standard InChI is InChI=1S/C22H26ClN3O5S/c1-32(30,31)20-7-6-15(9-18(20)23)17(8-14-4-2-3-5-14)22(29)26-21-11-24-19(10-25-21)16(12-27)13-28/h6-11,14,16,27-28H,2-5,12-13H2,1H3,(H,25,26,29)/b17-8+. The summed E-state index contributed by atoms with van der Waals surface area (Å²) in [6.45, 7) is -0.537. The van der Waals surface area contributed by atoms with Gasteiger partial charge in [0.25, 0.3) is 5.91 Å². The van der Waals surface area contributed by atoms with E-state index in [1.165, 1.54) is 24.5 Å². The predicted molar refractivity (Wildman–Crippen MR) is 122 cm³/mol. The Balaban J connectivity index is 1.89. The Kier molecular flexibility index (Phi) is 8.00. The van der Waals surface area contributed by atoms with E-state index in [2.05, 4.69) is 15.3 Å². The van der Waals surface area contributed by atoms with E-state index >= 15 is 0 Å². The molecule has 1 aromatic heterocycles. The molecule has 1 aliphatic carbocycles. The van der Waals surface area contributed by atoms with Gasteiger partial charge in [-0.1, -0.05) is 36.6 Å². The van der Waals surface area contributed by atoms with Crippen molar-refractivity contribution in [1.29, 1.82) is 0 Å². The van der Waals surface area contributed by atoms with Crippen molar-refractivity contribution in [2.24, 2.45) is 5.92 Å². The third kappa shape index (κ3) is 5.92. The van der Waals surface area contributed by atoms with Crippen LogP contribution in [0.5, 0.6) is 0 Å². The Morgan fingerprint density at radius 2 is 1.91 bits per heavy atom. The van der Waals surface area contributed by atoms with Gasteiger partial charge in [-0.15, -0.1) is 0 Å². The molecule has 0 unspecified atom stereocenters. The quantitative estimate of drug-likeness (QED) is 0.496. The summed E-state index contributed by atoms with van der Waals surface area (Å²) in [6, 6.07) is 4.46. The topological polar surface area (TPSA) is 129 Å². The highest BCUT2D eigenvalue weighted by Crippen LogP contribution is 2.32. The van der Waals surface area contributed by atoms with Gasteiger partial charge in [0.05, 0.1) is 41.2 Å². The highest BCUT2D eigenvalue weighted by atomic mass is 35.5. The largest absolute Gasteiger partial charge is 0.396 e. The fourth-order valence-electron chi connectivity index (χ4n) is 3.67. The molecule has 1 aliphatic rings. The van der Waals surface area contributed by atoms with Crippen molar-refractivity contribution in [2.75, 3.05) is 24.8 Å². The summed E-state index contributed by atoms with van der Waals surface area (Å²) < 4.78 is 23.8. The lowest BCUT2D eigenvalue weighted by molar-refractivity contribution is -0.111. The van der Waals surface area contributed by atoms with E-state index in [0.717, 1.165) is 31.9 Å². The molecule has 8 nitrogen and oxygen atoms in total. The molecular formula is C22H26ClN3O5S. The van der Waals surface area contributed by atoms with Gasteiger partial charge in [-0.05, 0) is 36.5 Å². The summed E-state index contributed by atoms with van der Waals surface area (Å²) in [7, 11) is -3.49. The van der Waals surface area contributed by atoms with Crippen LogP contribution in [-0.2, 0) is 14.6 Å². The van der Waals surface area contributed by atoms with Crippen LogP contribution in [0, 0.1) is 5.92 Å². The molecule has 0 bridgehead atoms. The van der Waals surface area contributed by atoms with Crippen LogP contribution in [-0.4, -0.2) is 54.0 Å². The number of aliphatic hydroxyl groups is 2. The first kappa shape index (κ1) is 24.3. The summed E-state index contributed by atoms with van der Waals surface area (Å²) >= 11 is 6.21. The summed E-state index contributed by atoms with van der Waals surface area (Å²) in [5, 5.41) is 21.3. The van der Waals surface area contributed by atoms with Crippen molar-refractivity contribution < 1.29 is 23.4 Å². The van der Waals surface area contributed by atoms with Crippen LogP contribution in [0.3, 0.4) is 0 Å². The average molecular weight is 480 g/mol. The fourth-order valence-corrected chi connectivity index (χ4v) is 5.00. The number of nitrogens with one attached hydrogen (secondary N) is 1. The molecule has 1 heterocycles. The molecule has 10 heteroatoms. The Hall–Kier alpha value is -2.33.